The fourth-order valence-electron chi connectivity index (χ4n) is 0.701. The lowest BCUT2D eigenvalue weighted by Gasteiger charge is -1.81. The van der Waals surface area contributed by atoms with Gasteiger partial charge in [-0.2, -0.15) is 0 Å². The molecule has 0 N–H and O–H groups in total. The van der Waals surface area contributed by atoms with Gasteiger partial charge >= 0.3 is 0 Å². The molecule has 0 aliphatic heterocycles. The normalized spacial score (nSPS) is 7.50. The molecule has 92 valence electrons. The van der Waals surface area contributed by atoms with Crippen LogP contribution in [-0.4, -0.2) is 23.1 Å². The first-order valence-electron chi connectivity index (χ1n) is 4.73. The standard InChI is InChI=1S/2C5H8O2.C2H4/c2*1-4(6)3-5(2)7;1-2/h2*3H2,1-2H3;1-2H2. The van der Waals surface area contributed by atoms with Crippen molar-refractivity contribution in [3.63, 3.8) is 0 Å². The Morgan fingerprint density at radius 3 is 0.750 bits per heavy atom. The fourth-order valence-corrected chi connectivity index (χ4v) is 0.701. The van der Waals surface area contributed by atoms with Gasteiger partial charge in [0, 0.05) is 0 Å². The zero-order valence-electron chi connectivity index (χ0n) is 10.5. The molecule has 0 atom stereocenters. The summed E-state index contributed by atoms with van der Waals surface area (Å²) in [7, 11) is 0. The van der Waals surface area contributed by atoms with E-state index in [2.05, 4.69) is 13.2 Å². The Hall–Kier alpha value is -1.58. The Balaban J connectivity index is -0.000000183. The Labute approximate surface area is 96.7 Å². The Kier molecular flexibility index (Phi) is 16.7. The third kappa shape index (κ3) is 39.3. The lowest BCUT2D eigenvalue weighted by Crippen LogP contribution is -1.97. The van der Waals surface area contributed by atoms with Crippen molar-refractivity contribution >= 4 is 23.1 Å². The minimum Gasteiger partial charge on any atom is -0.300 e. The summed E-state index contributed by atoms with van der Waals surface area (Å²) in [4.78, 5) is 40.1. The molecule has 0 bridgehead atoms. The monoisotopic (exact) mass is 228 g/mol. The molecule has 0 amide bonds. The van der Waals surface area contributed by atoms with Gasteiger partial charge < -0.3 is 0 Å². The van der Waals surface area contributed by atoms with Crippen LogP contribution in [0.3, 0.4) is 0 Å². The van der Waals surface area contributed by atoms with Crippen molar-refractivity contribution in [2.24, 2.45) is 0 Å². The van der Waals surface area contributed by atoms with E-state index < -0.39 is 0 Å². The quantitative estimate of drug-likeness (QED) is 0.544. The molecule has 0 aromatic heterocycles. The van der Waals surface area contributed by atoms with Gasteiger partial charge in [-0.15, -0.1) is 13.2 Å². The van der Waals surface area contributed by atoms with E-state index in [-0.39, 0.29) is 36.0 Å². The maximum atomic E-state index is 10.0. The van der Waals surface area contributed by atoms with Crippen molar-refractivity contribution in [3.8, 4) is 0 Å². The van der Waals surface area contributed by atoms with Gasteiger partial charge in [-0.3, -0.25) is 19.2 Å². The zero-order chi connectivity index (χ0) is 13.7. The fraction of sp³-hybridized carbons (Fsp3) is 0.500. The maximum absolute atomic E-state index is 10.0. The third-order valence-corrected chi connectivity index (χ3v) is 0.996. The highest BCUT2D eigenvalue weighted by Crippen LogP contribution is 1.80. The van der Waals surface area contributed by atoms with Gasteiger partial charge in [0.15, 0.2) is 0 Å². The van der Waals surface area contributed by atoms with E-state index in [0.29, 0.717) is 0 Å². The number of hydrogen-bond acceptors (Lipinski definition) is 4. The predicted octanol–water partition coefficient (Wildman–Crippen LogP) is 1.91. The summed E-state index contributed by atoms with van der Waals surface area (Å²) in [5.74, 6) is -0.250. The summed E-state index contributed by atoms with van der Waals surface area (Å²) < 4.78 is 0. The van der Waals surface area contributed by atoms with E-state index in [1.165, 1.54) is 27.7 Å². The van der Waals surface area contributed by atoms with Crippen LogP contribution in [0.2, 0.25) is 0 Å². The summed E-state index contributed by atoms with van der Waals surface area (Å²) >= 11 is 0. The van der Waals surface area contributed by atoms with Gasteiger partial charge in [0.05, 0.1) is 12.8 Å². The molecular weight excluding hydrogens is 208 g/mol. The molecule has 0 saturated carbocycles. The largest absolute Gasteiger partial charge is 0.300 e. The summed E-state index contributed by atoms with van der Waals surface area (Å²) in [5.41, 5.74) is 0. The zero-order valence-corrected chi connectivity index (χ0v) is 10.5. The van der Waals surface area contributed by atoms with E-state index in [0.717, 1.165) is 0 Å². The van der Waals surface area contributed by atoms with Crippen LogP contribution in [0, 0.1) is 0 Å². The highest BCUT2D eigenvalue weighted by molar-refractivity contribution is 5.97. The average Bonchev–Trinajstić information content (AvgIpc) is 2.03. The molecule has 0 heterocycles. The molecule has 4 heteroatoms. The average molecular weight is 228 g/mol. The molecule has 16 heavy (non-hydrogen) atoms. The van der Waals surface area contributed by atoms with Gasteiger partial charge in [0.1, 0.15) is 23.1 Å². The van der Waals surface area contributed by atoms with Crippen molar-refractivity contribution in [2.45, 2.75) is 40.5 Å². The highest BCUT2D eigenvalue weighted by atomic mass is 16.2. The molecule has 0 fully saturated rings. The predicted molar refractivity (Wildman–Crippen MR) is 63.2 cm³/mol. The molecule has 0 saturated heterocycles. The maximum Gasteiger partial charge on any atom is 0.137 e. The number of carbonyl (C=O) groups excluding carboxylic acids is 4. The van der Waals surface area contributed by atoms with Crippen LogP contribution in [0.25, 0.3) is 0 Å². The minimum atomic E-state index is -0.0625. The Morgan fingerprint density at radius 2 is 0.750 bits per heavy atom. The van der Waals surface area contributed by atoms with Crippen LogP contribution >= 0.6 is 0 Å². The van der Waals surface area contributed by atoms with Gasteiger partial charge in [-0.1, -0.05) is 0 Å². The van der Waals surface area contributed by atoms with E-state index in [1.54, 1.807) is 0 Å². The second-order valence-corrected chi connectivity index (χ2v) is 3.16. The summed E-state index contributed by atoms with van der Waals surface area (Å²) in [5, 5.41) is 0. The summed E-state index contributed by atoms with van der Waals surface area (Å²) in [6.07, 6.45) is 0.167. The molecule has 0 aliphatic rings. The van der Waals surface area contributed by atoms with Crippen molar-refractivity contribution in [1.82, 2.24) is 0 Å². The molecule has 0 aliphatic carbocycles. The molecular formula is C12H20O4. The van der Waals surface area contributed by atoms with Gasteiger partial charge in [-0.25, -0.2) is 0 Å². The molecule has 0 rings (SSSR count). The number of hydrogen-bond donors (Lipinski definition) is 0. The number of carbonyl (C=O) groups is 4. The van der Waals surface area contributed by atoms with E-state index in [9.17, 15) is 19.2 Å². The Bertz CT molecular complexity index is 204. The van der Waals surface area contributed by atoms with Crippen molar-refractivity contribution < 1.29 is 19.2 Å². The first-order chi connectivity index (χ1) is 7.25. The minimum absolute atomic E-state index is 0.0625. The van der Waals surface area contributed by atoms with Crippen LogP contribution in [-0.2, 0) is 19.2 Å². The molecule has 0 spiro atoms. The van der Waals surface area contributed by atoms with Crippen molar-refractivity contribution in [1.29, 1.82) is 0 Å². The van der Waals surface area contributed by atoms with E-state index >= 15 is 0 Å². The van der Waals surface area contributed by atoms with Crippen LogP contribution in [0.1, 0.15) is 40.5 Å². The first-order valence-corrected chi connectivity index (χ1v) is 4.73. The smallest absolute Gasteiger partial charge is 0.137 e. The van der Waals surface area contributed by atoms with Crippen LogP contribution in [0.15, 0.2) is 13.2 Å². The van der Waals surface area contributed by atoms with E-state index in [4.69, 9.17) is 0 Å². The lowest BCUT2D eigenvalue weighted by atomic mass is 10.2. The molecule has 0 aromatic carbocycles. The molecule has 4 nitrogen and oxygen atoms in total. The summed E-state index contributed by atoms with van der Waals surface area (Å²) in [6.45, 7) is 11.6. The topological polar surface area (TPSA) is 68.3 Å². The number of ketones is 4. The SMILES string of the molecule is C=C.CC(=O)CC(C)=O.CC(=O)CC(C)=O. The number of rotatable bonds is 4. The van der Waals surface area contributed by atoms with Gasteiger partial charge in [0.2, 0.25) is 0 Å². The van der Waals surface area contributed by atoms with Gasteiger partial charge in [0.25, 0.3) is 0 Å². The third-order valence-electron chi connectivity index (χ3n) is 0.996. The lowest BCUT2D eigenvalue weighted by molar-refractivity contribution is -0.126. The van der Waals surface area contributed by atoms with Crippen molar-refractivity contribution in [3.05, 3.63) is 13.2 Å². The van der Waals surface area contributed by atoms with Crippen LogP contribution in [0.4, 0.5) is 0 Å². The van der Waals surface area contributed by atoms with Gasteiger partial charge in [-0.05, 0) is 27.7 Å². The first kappa shape index (κ1) is 19.9. The Morgan fingerprint density at radius 1 is 0.625 bits per heavy atom. The van der Waals surface area contributed by atoms with Crippen LogP contribution in [0.5, 0.6) is 0 Å². The number of Topliss-reactive ketones (excluding diaryl/α,β-unsaturated/α-hetero) is 4. The highest BCUT2D eigenvalue weighted by Gasteiger charge is 1.95. The molecule has 0 radical (unpaired) electrons. The second-order valence-electron chi connectivity index (χ2n) is 3.16. The van der Waals surface area contributed by atoms with Crippen molar-refractivity contribution in [2.75, 3.05) is 0 Å². The molecule has 0 unspecified atom stereocenters. The summed E-state index contributed by atoms with van der Waals surface area (Å²) in [6, 6.07) is 0. The second kappa shape index (κ2) is 13.4. The van der Waals surface area contributed by atoms with Crippen LogP contribution < -0.4 is 0 Å². The molecule has 0 aromatic rings. The van der Waals surface area contributed by atoms with E-state index in [1.807, 2.05) is 0 Å².